The topological polar surface area (TPSA) is 61.4 Å². The molecule has 1 atom stereocenters. The number of amides is 2. The van der Waals surface area contributed by atoms with E-state index in [2.05, 4.69) is 10.6 Å². The van der Waals surface area contributed by atoms with E-state index < -0.39 is 11.8 Å². The predicted octanol–water partition coefficient (Wildman–Crippen LogP) is 3.32. The number of aliphatic hydroxyl groups is 1. The largest absolute Gasteiger partial charge is 0.393 e. The maximum atomic E-state index is 13.5. The highest BCUT2D eigenvalue weighted by Crippen LogP contribution is 2.28. The summed E-state index contributed by atoms with van der Waals surface area (Å²) in [4.78, 5) is 12.1. The number of urea groups is 1. The Hall–Kier alpha value is -2.40. The van der Waals surface area contributed by atoms with Gasteiger partial charge in [0, 0.05) is 12.1 Å². The number of anilines is 2. The van der Waals surface area contributed by atoms with E-state index in [0.717, 1.165) is 24.0 Å². The summed E-state index contributed by atoms with van der Waals surface area (Å²) in [5.41, 5.74) is 2.87. The van der Waals surface area contributed by atoms with E-state index >= 15 is 0 Å². The molecule has 0 heterocycles. The van der Waals surface area contributed by atoms with Crippen LogP contribution in [0.2, 0.25) is 0 Å². The monoisotopic (exact) mass is 300 g/mol. The molecule has 1 aliphatic carbocycles. The van der Waals surface area contributed by atoms with Gasteiger partial charge >= 0.3 is 6.03 Å². The summed E-state index contributed by atoms with van der Waals surface area (Å²) in [6.07, 6.45) is 1.66. The predicted molar refractivity (Wildman–Crippen MR) is 83.5 cm³/mol. The Morgan fingerprint density at radius 2 is 1.82 bits per heavy atom. The number of aliphatic hydroxyl groups excluding tert-OH is 1. The first kappa shape index (κ1) is 14.5. The van der Waals surface area contributed by atoms with Crippen LogP contribution in [-0.4, -0.2) is 17.2 Å². The van der Waals surface area contributed by atoms with Crippen molar-refractivity contribution in [3.05, 3.63) is 59.4 Å². The molecule has 22 heavy (non-hydrogen) atoms. The molecule has 0 saturated heterocycles. The number of benzene rings is 2. The van der Waals surface area contributed by atoms with Crippen LogP contribution in [0.15, 0.2) is 42.5 Å². The summed E-state index contributed by atoms with van der Waals surface area (Å²) < 4.78 is 13.5. The maximum Gasteiger partial charge on any atom is 0.323 e. The van der Waals surface area contributed by atoms with Crippen LogP contribution in [0.25, 0.3) is 0 Å². The molecule has 1 unspecified atom stereocenters. The van der Waals surface area contributed by atoms with E-state index in [1.54, 1.807) is 18.2 Å². The molecule has 114 valence electrons. The van der Waals surface area contributed by atoms with Crippen molar-refractivity contribution in [1.82, 2.24) is 0 Å². The van der Waals surface area contributed by atoms with Crippen LogP contribution in [0.1, 0.15) is 17.5 Å². The molecule has 4 nitrogen and oxygen atoms in total. The van der Waals surface area contributed by atoms with Crippen molar-refractivity contribution < 1.29 is 14.3 Å². The van der Waals surface area contributed by atoms with Gasteiger partial charge in [0.15, 0.2) is 0 Å². The van der Waals surface area contributed by atoms with E-state index in [9.17, 15) is 14.3 Å². The van der Waals surface area contributed by atoms with Crippen LogP contribution in [0.5, 0.6) is 0 Å². The highest BCUT2D eigenvalue weighted by Gasteiger charge is 2.20. The highest BCUT2D eigenvalue weighted by molar-refractivity contribution is 6.00. The summed E-state index contributed by atoms with van der Waals surface area (Å²) in [5.74, 6) is -0.483. The molecular weight excluding hydrogens is 283 g/mol. The first-order valence-electron chi connectivity index (χ1n) is 7.25. The standard InChI is InChI=1S/C17H17FN2O2/c18-14-5-1-2-6-16(14)20-17(22)19-15-7-3-4-11-8-9-12(21)10-13(11)15/h1-7,12,21H,8-10H2,(H2,19,20,22). The van der Waals surface area contributed by atoms with Gasteiger partial charge in [-0.05, 0) is 42.2 Å². The Morgan fingerprint density at radius 3 is 2.64 bits per heavy atom. The van der Waals surface area contributed by atoms with Crippen LogP contribution in [-0.2, 0) is 12.8 Å². The SMILES string of the molecule is O=C(Nc1ccccc1F)Nc1cccc2c1CC(O)CC2. The van der Waals surface area contributed by atoms with Gasteiger partial charge in [-0.25, -0.2) is 9.18 Å². The maximum absolute atomic E-state index is 13.5. The summed E-state index contributed by atoms with van der Waals surface area (Å²) in [7, 11) is 0. The number of hydrogen-bond donors (Lipinski definition) is 3. The minimum atomic E-state index is -0.501. The zero-order valence-corrected chi connectivity index (χ0v) is 12.0. The highest BCUT2D eigenvalue weighted by atomic mass is 19.1. The second-order valence-electron chi connectivity index (χ2n) is 5.40. The number of nitrogens with one attached hydrogen (secondary N) is 2. The molecule has 0 aliphatic heterocycles. The summed E-state index contributed by atoms with van der Waals surface area (Å²) in [6.45, 7) is 0. The van der Waals surface area contributed by atoms with Gasteiger partial charge in [-0.3, -0.25) is 0 Å². The Labute approximate surface area is 128 Å². The third-order valence-electron chi connectivity index (χ3n) is 3.83. The molecule has 2 aromatic rings. The van der Waals surface area contributed by atoms with E-state index in [1.807, 2.05) is 12.1 Å². The minimum Gasteiger partial charge on any atom is -0.393 e. The number of halogens is 1. The van der Waals surface area contributed by atoms with Crippen LogP contribution in [0, 0.1) is 5.82 Å². The average Bonchev–Trinajstić information content (AvgIpc) is 2.50. The van der Waals surface area contributed by atoms with Crippen molar-refractivity contribution >= 4 is 17.4 Å². The smallest absolute Gasteiger partial charge is 0.323 e. The van der Waals surface area contributed by atoms with Gasteiger partial charge in [0.05, 0.1) is 11.8 Å². The average molecular weight is 300 g/mol. The molecule has 0 fully saturated rings. The Bertz CT molecular complexity index is 703. The van der Waals surface area contributed by atoms with Crippen molar-refractivity contribution in [3.63, 3.8) is 0 Å². The van der Waals surface area contributed by atoms with Crippen LogP contribution >= 0.6 is 0 Å². The first-order chi connectivity index (χ1) is 10.6. The third kappa shape index (κ3) is 3.09. The lowest BCUT2D eigenvalue weighted by molar-refractivity contribution is 0.159. The molecule has 3 N–H and O–H groups in total. The number of rotatable bonds is 2. The molecule has 0 aromatic heterocycles. The van der Waals surface area contributed by atoms with Gasteiger partial charge in [-0.15, -0.1) is 0 Å². The molecule has 2 amide bonds. The number of carbonyl (C=O) groups is 1. The number of fused-ring (bicyclic) bond motifs is 1. The Morgan fingerprint density at radius 1 is 1.09 bits per heavy atom. The number of para-hydroxylation sites is 1. The van der Waals surface area contributed by atoms with Crippen LogP contribution in [0.3, 0.4) is 0 Å². The molecule has 0 bridgehead atoms. The summed E-state index contributed by atoms with van der Waals surface area (Å²) in [6, 6.07) is 11.2. The van der Waals surface area contributed by atoms with Crippen LogP contribution in [0.4, 0.5) is 20.6 Å². The fraction of sp³-hybridized carbons (Fsp3) is 0.235. The Kier molecular flexibility index (Phi) is 4.06. The lowest BCUT2D eigenvalue weighted by Gasteiger charge is -2.23. The van der Waals surface area contributed by atoms with Crippen molar-refractivity contribution in [3.8, 4) is 0 Å². The fourth-order valence-corrected chi connectivity index (χ4v) is 2.73. The molecule has 0 saturated carbocycles. The van der Waals surface area contributed by atoms with E-state index in [1.165, 1.54) is 12.1 Å². The zero-order chi connectivity index (χ0) is 15.5. The van der Waals surface area contributed by atoms with Gasteiger partial charge in [0.25, 0.3) is 0 Å². The third-order valence-corrected chi connectivity index (χ3v) is 3.83. The van der Waals surface area contributed by atoms with Gasteiger partial charge < -0.3 is 15.7 Å². The van der Waals surface area contributed by atoms with Crippen molar-refractivity contribution in [2.24, 2.45) is 0 Å². The molecular formula is C17H17FN2O2. The molecule has 1 aliphatic rings. The fourth-order valence-electron chi connectivity index (χ4n) is 2.73. The van der Waals surface area contributed by atoms with Crippen molar-refractivity contribution in [2.45, 2.75) is 25.4 Å². The number of aryl methyl sites for hydroxylation is 1. The molecule has 3 rings (SSSR count). The quantitative estimate of drug-likeness (QED) is 0.796. The van der Waals surface area contributed by atoms with Crippen molar-refractivity contribution in [1.29, 1.82) is 0 Å². The molecule has 0 spiro atoms. The van der Waals surface area contributed by atoms with Gasteiger partial charge in [0.1, 0.15) is 5.82 Å². The second kappa shape index (κ2) is 6.15. The zero-order valence-electron chi connectivity index (χ0n) is 12.0. The summed E-state index contributed by atoms with van der Waals surface area (Å²) >= 11 is 0. The minimum absolute atomic E-state index is 0.129. The lowest BCUT2D eigenvalue weighted by Crippen LogP contribution is -2.24. The van der Waals surface area contributed by atoms with Crippen LogP contribution < -0.4 is 10.6 Å². The molecule has 2 aromatic carbocycles. The number of hydrogen-bond acceptors (Lipinski definition) is 2. The van der Waals surface area contributed by atoms with E-state index in [-0.39, 0.29) is 11.8 Å². The number of carbonyl (C=O) groups excluding carboxylic acids is 1. The first-order valence-corrected chi connectivity index (χ1v) is 7.25. The molecule has 0 radical (unpaired) electrons. The lowest BCUT2D eigenvalue weighted by atomic mass is 9.88. The van der Waals surface area contributed by atoms with Gasteiger partial charge in [-0.2, -0.15) is 0 Å². The second-order valence-corrected chi connectivity index (χ2v) is 5.40. The normalized spacial score (nSPS) is 16.7. The van der Waals surface area contributed by atoms with E-state index in [0.29, 0.717) is 12.1 Å². The van der Waals surface area contributed by atoms with Crippen molar-refractivity contribution in [2.75, 3.05) is 10.6 Å². The van der Waals surface area contributed by atoms with Gasteiger partial charge in [-0.1, -0.05) is 24.3 Å². The Balaban J connectivity index is 1.76. The molecule has 5 heteroatoms. The van der Waals surface area contributed by atoms with Gasteiger partial charge in [0.2, 0.25) is 0 Å². The van der Waals surface area contributed by atoms with E-state index in [4.69, 9.17) is 0 Å². The summed E-state index contributed by atoms with van der Waals surface area (Å²) in [5, 5.41) is 15.0.